The first kappa shape index (κ1) is 18.1. The summed E-state index contributed by atoms with van der Waals surface area (Å²) in [6.45, 7) is 6.68. The fourth-order valence-corrected chi connectivity index (χ4v) is 3.17. The molecule has 1 amide bonds. The van der Waals surface area contributed by atoms with Gasteiger partial charge in [0.2, 0.25) is 5.91 Å². The molecule has 4 rings (SSSR count). The number of imidazole rings is 1. The molecule has 1 atom stereocenters. The fourth-order valence-electron chi connectivity index (χ4n) is 3.17. The number of nitrogens with one attached hydrogen (secondary N) is 1. The number of hydrogen-bond donors (Lipinski definition) is 2. The van der Waals surface area contributed by atoms with Crippen LogP contribution >= 0.6 is 0 Å². The highest BCUT2D eigenvalue weighted by atomic mass is 16.5. The van der Waals surface area contributed by atoms with E-state index in [0.717, 1.165) is 24.6 Å². The first-order chi connectivity index (χ1) is 13.5. The molecule has 146 valence electrons. The Hall–Kier alpha value is -3.27. The number of rotatable bonds is 4. The molecular formula is C18H22N8O2. The second kappa shape index (κ2) is 7.39. The second-order valence-corrected chi connectivity index (χ2v) is 6.65. The Labute approximate surface area is 161 Å². The molecule has 1 saturated heterocycles. The summed E-state index contributed by atoms with van der Waals surface area (Å²) in [7, 11) is 0. The van der Waals surface area contributed by atoms with Gasteiger partial charge in [-0.1, -0.05) is 0 Å². The molecule has 1 unspecified atom stereocenters. The van der Waals surface area contributed by atoms with Gasteiger partial charge in [-0.3, -0.25) is 4.79 Å². The lowest BCUT2D eigenvalue weighted by Crippen LogP contribution is -2.36. The van der Waals surface area contributed by atoms with Crippen molar-refractivity contribution in [2.45, 2.75) is 19.9 Å². The van der Waals surface area contributed by atoms with Gasteiger partial charge >= 0.3 is 0 Å². The van der Waals surface area contributed by atoms with Gasteiger partial charge in [0.05, 0.1) is 30.9 Å². The van der Waals surface area contributed by atoms with Crippen molar-refractivity contribution in [2.75, 3.05) is 42.3 Å². The van der Waals surface area contributed by atoms with Crippen LogP contribution in [-0.2, 0) is 9.53 Å². The molecule has 0 saturated carbocycles. The minimum absolute atomic E-state index is 0.194. The number of hydrogen-bond acceptors (Lipinski definition) is 8. The lowest BCUT2D eigenvalue weighted by Gasteiger charge is -2.28. The number of fused-ring (bicyclic) bond motifs is 1. The second-order valence-electron chi connectivity index (χ2n) is 6.65. The van der Waals surface area contributed by atoms with Crippen LogP contribution in [0.5, 0.6) is 0 Å². The normalized spacial score (nSPS) is 15.6. The molecule has 0 spiro atoms. The molecule has 4 heterocycles. The molecule has 10 heteroatoms. The van der Waals surface area contributed by atoms with Crippen molar-refractivity contribution in [3.8, 4) is 0 Å². The van der Waals surface area contributed by atoms with E-state index in [4.69, 9.17) is 10.5 Å². The molecule has 3 aromatic heterocycles. The number of aryl methyl sites for hydroxylation is 1. The first-order valence-corrected chi connectivity index (χ1v) is 9.09. The van der Waals surface area contributed by atoms with Gasteiger partial charge in [0.25, 0.3) is 0 Å². The highest BCUT2D eigenvalue weighted by Crippen LogP contribution is 2.22. The lowest BCUT2D eigenvalue weighted by atomic mass is 10.2. The van der Waals surface area contributed by atoms with Crippen LogP contribution in [0.25, 0.3) is 11.2 Å². The quantitative estimate of drug-likeness (QED) is 0.688. The van der Waals surface area contributed by atoms with E-state index in [2.05, 4.69) is 30.2 Å². The smallest absolute Gasteiger partial charge is 0.247 e. The van der Waals surface area contributed by atoms with Crippen LogP contribution in [0.1, 0.15) is 18.7 Å². The average molecular weight is 382 g/mol. The number of nitrogens with two attached hydrogens (primary N) is 1. The number of pyridine rings is 1. The maximum atomic E-state index is 12.8. The molecule has 0 bridgehead atoms. The SMILES string of the molecule is Cc1nc(N2CCOCC2)ccc1NC(=O)C(C)n1cnc2c(N)ncnc21. The van der Waals surface area contributed by atoms with Gasteiger partial charge in [0.1, 0.15) is 23.7 Å². The van der Waals surface area contributed by atoms with Crippen molar-refractivity contribution in [3.63, 3.8) is 0 Å². The third kappa shape index (κ3) is 3.33. The Morgan fingerprint density at radius 2 is 2.04 bits per heavy atom. The summed E-state index contributed by atoms with van der Waals surface area (Å²) in [5.74, 6) is 0.982. The van der Waals surface area contributed by atoms with Crippen LogP contribution in [-0.4, -0.2) is 56.7 Å². The van der Waals surface area contributed by atoms with Gasteiger partial charge in [-0.25, -0.2) is 19.9 Å². The summed E-state index contributed by atoms with van der Waals surface area (Å²) in [5, 5.41) is 2.94. The Balaban J connectivity index is 1.51. The van der Waals surface area contributed by atoms with Crippen molar-refractivity contribution < 1.29 is 9.53 Å². The summed E-state index contributed by atoms with van der Waals surface area (Å²) in [5.41, 5.74) is 8.25. The van der Waals surface area contributed by atoms with Gasteiger partial charge in [-0.05, 0) is 26.0 Å². The minimum Gasteiger partial charge on any atom is -0.382 e. The van der Waals surface area contributed by atoms with Crippen LogP contribution < -0.4 is 16.0 Å². The average Bonchev–Trinajstić information content (AvgIpc) is 3.15. The van der Waals surface area contributed by atoms with E-state index in [9.17, 15) is 4.79 Å². The van der Waals surface area contributed by atoms with Crippen molar-refractivity contribution in [1.82, 2.24) is 24.5 Å². The Morgan fingerprint density at radius 3 is 2.79 bits per heavy atom. The molecule has 3 N–H and O–H groups in total. The van der Waals surface area contributed by atoms with Crippen molar-refractivity contribution in [1.29, 1.82) is 0 Å². The maximum absolute atomic E-state index is 12.8. The zero-order valence-corrected chi connectivity index (χ0v) is 15.8. The van der Waals surface area contributed by atoms with Crippen LogP contribution in [0.4, 0.5) is 17.3 Å². The van der Waals surface area contributed by atoms with Gasteiger partial charge in [0.15, 0.2) is 11.5 Å². The van der Waals surface area contributed by atoms with Crippen molar-refractivity contribution >= 4 is 34.4 Å². The van der Waals surface area contributed by atoms with E-state index < -0.39 is 6.04 Å². The predicted octanol–water partition coefficient (Wildman–Crippen LogP) is 1.15. The van der Waals surface area contributed by atoms with Gasteiger partial charge in [-0.15, -0.1) is 0 Å². The topological polar surface area (TPSA) is 124 Å². The minimum atomic E-state index is -0.530. The third-order valence-corrected chi connectivity index (χ3v) is 4.85. The Bertz CT molecular complexity index is 1010. The number of amides is 1. The van der Waals surface area contributed by atoms with Crippen LogP contribution in [0.2, 0.25) is 0 Å². The molecule has 1 fully saturated rings. The van der Waals surface area contributed by atoms with E-state index in [1.807, 2.05) is 19.1 Å². The van der Waals surface area contributed by atoms with Crippen LogP contribution in [0.3, 0.4) is 0 Å². The predicted molar refractivity (Wildman–Crippen MR) is 105 cm³/mol. The van der Waals surface area contributed by atoms with E-state index in [1.165, 1.54) is 6.33 Å². The number of nitrogens with zero attached hydrogens (tertiary/aromatic N) is 6. The van der Waals surface area contributed by atoms with Gasteiger partial charge < -0.3 is 25.3 Å². The van der Waals surface area contributed by atoms with Gasteiger partial charge in [-0.2, -0.15) is 0 Å². The highest BCUT2D eigenvalue weighted by molar-refractivity contribution is 5.95. The first-order valence-electron chi connectivity index (χ1n) is 9.09. The molecular weight excluding hydrogens is 360 g/mol. The zero-order chi connectivity index (χ0) is 19.7. The standard InChI is InChI=1S/C18H22N8O2/c1-11-13(3-4-14(23-11)25-5-7-28-8-6-25)24-18(27)12(2)26-10-22-15-16(19)20-9-21-17(15)26/h3-4,9-10,12H,5-8H2,1-2H3,(H,24,27)(H2,19,20,21). The monoisotopic (exact) mass is 382 g/mol. The molecule has 28 heavy (non-hydrogen) atoms. The van der Waals surface area contributed by atoms with Crippen molar-refractivity contribution in [3.05, 3.63) is 30.5 Å². The summed E-state index contributed by atoms with van der Waals surface area (Å²) >= 11 is 0. The summed E-state index contributed by atoms with van der Waals surface area (Å²) < 4.78 is 7.05. The molecule has 0 aliphatic carbocycles. The molecule has 0 radical (unpaired) electrons. The largest absolute Gasteiger partial charge is 0.382 e. The Morgan fingerprint density at radius 1 is 1.25 bits per heavy atom. The number of aromatic nitrogens is 5. The highest BCUT2D eigenvalue weighted by Gasteiger charge is 2.20. The molecule has 10 nitrogen and oxygen atoms in total. The van der Waals surface area contributed by atoms with Gasteiger partial charge in [0, 0.05) is 13.1 Å². The van der Waals surface area contributed by atoms with E-state index in [1.54, 1.807) is 17.8 Å². The maximum Gasteiger partial charge on any atom is 0.247 e. The van der Waals surface area contributed by atoms with E-state index in [0.29, 0.717) is 30.1 Å². The fraction of sp³-hybridized carbons (Fsp3) is 0.389. The number of ether oxygens (including phenoxy) is 1. The third-order valence-electron chi connectivity index (χ3n) is 4.85. The molecule has 3 aromatic rings. The molecule has 1 aliphatic heterocycles. The number of carbonyl (C=O) groups excluding carboxylic acids is 1. The van der Waals surface area contributed by atoms with E-state index >= 15 is 0 Å². The number of carbonyl (C=O) groups is 1. The van der Waals surface area contributed by atoms with Crippen molar-refractivity contribution in [2.24, 2.45) is 0 Å². The number of morpholine rings is 1. The zero-order valence-electron chi connectivity index (χ0n) is 15.8. The van der Waals surface area contributed by atoms with Crippen LogP contribution in [0.15, 0.2) is 24.8 Å². The number of nitrogen functional groups attached to an aromatic ring is 1. The molecule has 1 aliphatic rings. The lowest BCUT2D eigenvalue weighted by molar-refractivity contribution is -0.118. The molecule has 0 aromatic carbocycles. The summed E-state index contributed by atoms with van der Waals surface area (Å²) in [6, 6.07) is 3.26. The summed E-state index contributed by atoms with van der Waals surface area (Å²) in [4.78, 5) is 31.9. The summed E-state index contributed by atoms with van der Waals surface area (Å²) in [6.07, 6.45) is 2.91. The van der Waals surface area contributed by atoms with E-state index in [-0.39, 0.29) is 11.7 Å². The Kier molecular flexibility index (Phi) is 4.78. The number of anilines is 3. The van der Waals surface area contributed by atoms with Crippen LogP contribution in [0, 0.1) is 6.92 Å².